The number of carbonyl (C=O) groups excluding carboxylic acids is 3. The zero-order valence-electron chi connectivity index (χ0n) is 14.6. The number of primary amides is 1. The standard InChI is InChI=1S/C21H16ClN3O3/c22-16-11-9-15(10-12-16)21(28)25-18-4-2-1-3-17(18)24-20(27)14-7-5-13(6-8-14)19(23)26/h1-12H,(H2,23,26)(H,24,27)(H,25,28). The minimum atomic E-state index is -0.567. The Balaban J connectivity index is 1.76. The van der Waals surface area contributed by atoms with Crippen LogP contribution in [0.3, 0.4) is 0 Å². The third kappa shape index (κ3) is 4.55. The van der Waals surface area contributed by atoms with Gasteiger partial charge in [-0.1, -0.05) is 23.7 Å². The highest BCUT2D eigenvalue weighted by Gasteiger charge is 2.12. The van der Waals surface area contributed by atoms with Crippen LogP contribution in [0, 0.1) is 0 Å². The van der Waals surface area contributed by atoms with Gasteiger partial charge in [-0.3, -0.25) is 14.4 Å². The number of hydrogen-bond donors (Lipinski definition) is 3. The van der Waals surface area contributed by atoms with Crippen molar-refractivity contribution in [3.63, 3.8) is 0 Å². The lowest BCUT2D eigenvalue weighted by Crippen LogP contribution is -2.17. The molecule has 3 rings (SSSR count). The van der Waals surface area contributed by atoms with Crippen LogP contribution < -0.4 is 16.4 Å². The molecule has 0 aliphatic heterocycles. The fourth-order valence-corrected chi connectivity index (χ4v) is 2.60. The summed E-state index contributed by atoms with van der Waals surface area (Å²) in [6, 6.07) is 19.3. The summed E-state index contributed by atoms with van der Waals surface area (Å²) in [6.45, 7) is 0. The SMILES string of the molecule is NC(=O)c1ccc(C(=O)Nc2ccccc2NC(=O)c2ccc(Cl)cc2)cc1. The molecule has 0 radical (unpaired) electrons. The third-order valence-corrected chi connectivity index (χ3v) is 4.21. The first kappa shape index (κ1) is 19.1. The molecule has 3 aromatic rings. The van der Waals surface area contributed by atoms with E-state index in [9.17, 15) is 14.4 Å². The molecular weight excluding hydrogens is 378 g/mol. The number of benzene rings is 3. The Morgan fingerprint density at radius 1 is 0.643 bits per heavy atom. The highest BCUT2D eigenvalue weighted by Crippen LogP contribution is 2.23. The van der Waals surface area contributed by atoms with Gasteiger partial charge in [0.15, 0.2) is 0 Å². The third-order valence-electron chi connectivity index (χ3n) is 3.96. The second kappa shape index (κ2) is 8.37. The predicted octanol–water partition coefficient (Wildman–Crippen LogP) is 3.94. The van der Waals surface area contributed by atoms with Crippen LogP contribution in [0.2, 0.25) is 5.02 Å². The summed E-state index contributed by atoms with van der Waals surface area (Å²) >= 11 is 5.84. The maximum atomic E-state index is 12.5. The Morgan fingerprint density at radius 2 is 1.04 bits per heavy atom. The highest BCUT2D eigenvalue weighted by molar-refractivity contribution is 6.30. The number of hydrogen-bond acceptors (Lipinski definition) is 3. The number of carbonyl (C=O) groups is 3. The average Bonchev–Trinajstić information content (AvgIpc) is 2.70. The van der Waals surface area contributed by atoms with E-state index in [1.807, 2.05) is 0 Å². The Labute approximate surface area is 166 Å². The summed E-state index contributed by atoms with van der Waals surface area (Å²) in [5.41, 5.74) is 7.19. The molecule has 6 nitrogen and oxygen atoms in total. The van der Waals surface area contributed by atoms with Gasteiger partial charge in [-0.05, 0) is 60.7 Å². The highest BCUT2D eigenvalue weighted by atomic mass is 35.5. The van der Waals surface area contributed by atoms with Crippen LogP contribution in [0.1, 0.15) is 31.1 Å². The molecule has 0 aliphatic carbocycles. The fourth-order valence-electron chi connectivity index (χ4n) is 2.48. The summed E-state index contributed by atoms with van der Waals surface area (Å²) < 4.78 is 0. The monoisotopic (exact) mass is 393 g/mol. The number of rotatable bonds is 5. The molecule has 0 unspecified atom stereocenters. The number of halogens is 1. The van der Waals surface area contributed by atoms with E-state index in [-0.39, 0.29) is 11.8 Å². The lowest BCUT2D eigenvalue weighted by atomic mass is 10.1. The second-order valence-corrected chi connectivity index (χ2v) is 6.34. The summed E-state index contributed by atoms with van der Waals surface area (Å²) in [5.74, 6) is -1.28. The molecule has 0 atom stereocenters. The quantitative estimate of drug-likeness (QED) is 0.611. The minimum Gasteiger partial charge on any atom is -0.366 e. The molecule has 0 saturated carbocycles. The number of para-hydroxylation sites is 2. The molecule has 3 amide bonds. The van der Waals surface area contributed by atoms with Crippen LogP contribution in [0.25, 0.3) is 0 Å². The van der Waals surface area contributed by atoms with E-state index in [1.165, 1.54) is 24.3 Å². The van der Waals surface area contributed by atoms with E-state index in [2.05, 4.69) is 10.6 Å². The molecule has 0 saturated heterocycles. The van der Waals surface area contributed by atoms with Crippen LogP contribution >= 0.6 is 11.6 Å². The van der Waals surface area contributed by atoms with E-state index in [0.717, 1.165) is 0 Å². The Morgan fingerprint density at radius 3 is 1.46 bits per heavy atom. The van der Waals surface area contributed by atoms with Gasteiger partial charge in [0.25, 0.3) is 11.8 Å². The van der Waals surface area contributed by atoms with E-state index in [4.69, 9.17) is 17.3 Å². The van der Waals surface area contributed by atoms with Crippen LogP contribution in [0.15, 0.2) is 72.8 Å². The van der Waals surface area contributed by atoms with E-state index < -0.39 is 5.91 Å². The van der Waals surface area contributed by atoms with Gasteiger partial charge in [-0.15, -0.1) is 0 Å². The van der Waals surface area contributed by atoms with Crippen molar-refractivity contribution in [3.8, 4) is 0 Å². The molecule has 140 valence electrons. The molecule has 0 fully saturated rings. The minimum absolute atomic E-state index is 0.312. The topological polar surface area (TPSA) is 101 Å². The first-order valence-corrected chi connectivity index (χ1v) is 8.69. The van der Waals surface area contributed by atoms with Gasteiger partial charge in [0.1, 0.15) is 0 Å². The second-order valence-electron chi connectivity index (χ2n) is 5.90. The van der Waals surface area contributed by atoms with Gasteiger partial charge in [0.2, 0.25) is 5.91 Å². The van der Waals surface area contributed by atoms with Gasteiger partial charge in [0.05, 0.1) is 11.4 Å². The summed E-state index contributed by atoms with van der Waals surface area (Å²) in [7, 11) is 0. The molecule has 0 bridgehead atoms. The van der Waals surface area contributed by atoms with Crippen molar-refractivity contribution in [1.82, 2.24) is 0 Å². The molecule has 0 spiro atoms. The van der Waals surface area contributed by atoms with Crippen molar-refractivity contribution in [1.29, 1.82) is 0 Å². The smallest absolute Gasteiger partial charge is 0.255 e. The first-order chi connectivity index (χ1) is 13.4. The van der Waals surface area contributed by atoms with Gasteiger partial charge in [0, 0.05) is 21.7 Å². The zero-order valence-corrected chi connectivity index (χ0v) is 15.4. The van der Waals surface area contributed by atoms with Crippen molar-refractivity contribution >= 4 is 40.7 Å². The van der Waals surface area contributed by atoms with Gasteiger partial charge >= 0.3 is 0 Å². The fraction of sp³-hybridized carbons (Fsp3) is 0. The van der Waals surface area contributed by atoms with Gasteiger partial charge in [-0.2, -0.15) is 0 Å². The molecule has 0 aliphatic rings. The van der Waals surface area contributed by atoms with E-state index in [1.54, 1.807) is 48.5 Å². The van der Waals surface area contributed by atoms with Crippen molar-refractivity contribution < 1.29 is 14.4 Å². The van der Waals surface area contributed by atoms with Gasteiger partial charge in [-0.25, -0.2) is 0 Å². The number of nitrogens with one attached hydrogen (secondary N) is 2. The number of amides is 3. The van der Waals surface area contributed by atoms with Crippen LogP contribution in [-0.2, 0) is 0 Å². The molecule has 3 aromatic carbocycles. The van der Waals surface area contributed by atoms with E-state index >= 15 is 0 Å². The average molecular weight is 394 g/mol. The normalized spacial score (nSPS) is 10.2. The number of nitrogens with two attached hydrogens (primary N) is 1. The zero-order chi connectivity index (χ0) is 20.1. The molecule has 4 N–H and O–H groups in total. The molecule has 0 aromatic heterocycles. The Bertz CT molecular complexity index is 1030. The maximum Gasteiger partial charge on any atom is 0.255 e. The van der Waals surface area contributed by atoms with Crippen molar-refractivity contribution in [2.75, 3.05) is 10.6 Å². The van der Waals surface area contributed by atoms with E-state index in [0.29, 0.717) is 33.1 Å². The largest absolute Gasteiger partial charge is 0.366 e. The van der Waals surface area contributed by atoms with Crippen LogP contribution in [0.4, 0.5) is 11.4 Å². The summed E-state index contributed by atoms with van der Waals surface area (Å²) in [5, 5.41) is 6.05. The van der Waals surface area contributed by atoms with Gasteiger partial charge < -0.3 is 16.4 Å². The first-order valence-electron chi connectivity index (χ1n) is 8.31. The lowest BCUT2D eigenvalue weighted by Gasteiger charge is -2.12. The Hall–Kier alpha value is -3.64. The summed E-state index contributed by atoms with van der Waals surface area (Å²) in [6.07, 6.45) is 0. The predicted molar refractivity (Wildman–Crippen MR) is 109 cm³/mol. The molecular formula is C21H16ClN3O3. The maximum absolute atomic E-state index is 12.5. The molecule has 7 heteroatoms. The van der Waals surface area contributed by atoms with Crippen molar-refractivity contribution in [2.45, 2.75) is 0 Å². The summed E-state index contributed by atoms with van der Waals surface area (Å²) in [4.78, 5) is 36.0. The van der Waals surface area contributed by atoms with Crippen LogP contribution in [0.5, 0.6) is 0 Å². The van der Waals surface area contributed by atoms with Crippen molar-refractivity contribution in [2.24, 2.45) is 5.73 Å². The molecule has 0 heterocycles. The number of anilines is 2. The van der Waals surface area contributed by atoms with Crippen LogP contribution in [-0.4, -0.2) is 17.7 Å². The Kier molecular flexibility index (Phi) is 5.72. The van der Waals surface area contributed by atoms with Crippen molar-refractivity contribution in [3.05, 3.63) is 94.5 Å². The molecule has 28 heavy (non-hydrogen) atoms. The lowest BCUT2D eigenvalue weighted by molar-refractivity contribution is 0.0994.